The van der Waals surface area contributed by atoms with E-state index in [0.29, 0.717) is 40.6 Å². The van der Waals surface area contributed by atoms with Crippen LogP contribution in [0.5, 0.6) is 5.75 Å². The van der Waals surface area contributed by atoms with E-state index < -0.39 is 0 Å². The van der Waals surface area contributed by atoms with E-state index >= 15 is 0 Å². The van der Waals surface area contributed by atoms with Gasteiger partial charge in [-0.05, 0) is 74.5 Å². The Hall–Kier alpha value is -5.16. The topological polar surface area (TPSA) is 125 Å². The summed E-state index contributed by atoms with van der Waals surface area (Å²) in [5, 5.41) is 12.3. The average Bonchev–Trinajstić information content (AvgIpc) is 3.80. The van der Waals surface area contributed by atoms with Gasteiger partial charge in [0.1, 0.15) is 29.5 Å². The minimum absolute atomic E-state index is 0.0512. The molecule has 5 heterocycles. The molecule has 228 valence electrons. The van der Waals surface area contributed by atoms with Crippen molar-refractivity contribution in [3.05, 3.63) is 73.1 Å². The largest absolute Gasteiger partial charge is 0.492 e. The minimum Gasteiger partial charge on any atom is -0.492 e. The van der Waals surface area contributed by atoms with E-state index in [4.69, 9.17) is 4.74 Å². The maximum atomic E-state index is 14.7. The summed E-state index contributed by atoms with van der Waals surface area (Å²) < 4.78 is 20.5. The second kappa shape index (κ2) is 12.1. The van der Waals surface area contributed by atoms with Crippen LogP contribution in [0.1, 0.15) is 25.7 Å². The number of ether oxygens (including phenoxy) is 1. The first-order valence-corrected chi connectivity index (χ1v) is 15.1. The minimum atomic E-state index is -0.373. The van der Waals surface area contributed by atoms with Crippen LogP contribution in [0.25, 0.3) is 55.7 Å². The van der Waals surface area contributed by atoms with Crippen LogP contribution in [-0.4, -0.2) is 68.2 Å². The highest BCUT2D eigenvalue weighted by atomic mass is 19.1. The summed E-state index contributed by atoms with van der Waals surface area (Å²) in [5.74, 6) is 0.217. The highest BCUT2D eigenvalue weighted by Crippen LogP contribution is 2.36. The zero-order valence-electron chi connectivity index (χ0n) is 25.1. The Bertz CT molecular complexity index is 2010. The lowest BCUT2D eigenvalue weighted by molar-refractivity contribution is -0.119. The summed E-state index contributed by atoms with van der Waals surface area (Å²) in [5.41, 5.74) is 6.54. The molecule has 45 heavy (non-hydrogen) atoms. The third kappa shape index (κ3) is 5.99. The number of anilines is 1. The van der Waals surface area contributed by atoms with E-state index in [1.165, 1.54) is 12.1 Å². The first-order valence-electron chi connectivity index (χ1n) is 15.1. The van der Waals surface area contributed by atoms with E-state index in [1.807, 2.05) is 49.3 Å². The number of H-pyrrole nitrogens is 2. The van der Waals surface area contributed by atoms with Gasteiger partial charge in [0.2, 0.25) is 5.91 Å². The smallest absolute Gasteiger partial charge is 0.227 e. The molecule has 6 aromatic rings. The number of nitrogens with one attached hydrogen (secondary N) is 3. The number of hydrogen-bond donors (Lipinski definition) is 3. The van der Waals surface area contributed by atoms with Gasteiger partial charge in [-0.3, -0.25) is 14.9 Å². The van der Waals surface area contributed by atoms with Gasteiger partial charge in [-0.25, -0.2) is 14.4 Å². The van der Waals surface area contributed by atoms with Crippen LogP contribution in [0.2, 0.25) is 0 Å². The monoisotopic (exact) mass is 604 g/mol. The van der Waals surface area contributed by atoms with Crippen LogP contribution in [-0.2, 0) is 4.79 Å². The molecule has 0 unspecified atom stereocenters. The summed E-state index contributed by atoms with van der Waals surface area (Å²) >= 11 is 0. The van der Waals surface area contributed by atoms with Crippen molar-refractivity contribution in [3.63, 3.8) is 0 Å². The van der Waals surface area contributed by atoms with Crippen LogP contribution >= 0.6 is 0 Å². The van der Waals surface area contributed by atoms with Crippen molar-refractivity contribution < 1.29 is 13.9 Å². The number of amides is 1. The van der Waals surface area contributed by atoms with Gasteiger partial charge in [-0.2, -0.15) is 5.10 Å². The molecule has 0 radical (unpaired) electrons. The Labute approximate surface area is 259 Å². The first-order chi connectivity index (χ1) is 21.9. The summed E-state index contributed by atoms with van der Waals surface area (Å²) in [4.78, 5) is 31.6. The second-order valence-corrected chi connectivity index (χ2v) is 11.8. The van der Waals surface area contributed by atoms with Crippen LogP contribution < -0.4 is 10.1 Å². The molecule has 1 aliphatic carbocycles. The fraction of sp³-hybridized carbons (Fsp3) is 0.265. The predicted molar refractivity (Wildman–Crippen MR) is 172 cm³/mol. The van der Waals surface area contributed by atoms with Crippen molar-refractivity contribution in [1.29, 1.82) is 0 Å². The summed E-state index contributed by atoms with van der Waals surface area (Å²) in [6.07, 6.45) is 10.9. The molecule has 0 bridgehead atoms. The lowest BCUT2D eigenvalue weighted by Gasteiger charge is -2.12. The quantitative estimate of drug-likeness (QED) is 0.174. The third-order valence-electron chi connectivity index (χ3n) is 8.26. The van der Waals surface area contributed by atoms with Gasteiger partial charge < -0.3 is 19.9 Å². The number of carbonyl (C=O) groups is 1. The Morgan fingerprint density at radius 1 is 0.978 bits per heavy atom. The molecular formula is C34H33FN8O2. The third-order valence-corrected chi connectivity index (χ3v) is 8.26. The standard InChI is InChI=1S/C34H33FN8O2/c1-43(2)9-10-45-26-13-21(11-24(35)15-26)27-7-8-37-32-28(27)16-30(40-32)31-29-14-23(18-38-33(29)42-41-31)22-12-25(19-36-17-22)39-34(44)20-5-3-4-6-20/h7-8,11-20H,3-6,9-10H2,1-2H3,(H,37,40)(H,39,44)(H,38,41,42). The number of fused-ring (bicyclic) bond motifs is 2. The molecule has 0 aliphatic heterocycles. The molecule has 7 rings (SSSR count). The fourth-order valence-corrected chi connectivity index (χ4v) is 5.92. The van der Waals surface area contributed by atoms with Crippen molar-refractivity contribution in [2.75, 3.05) is 32.6 Å². The van der Waals surface area contributed by atoms with Crippen molar-refractivity contribution >= 4 is 33.7 Å². The Morgan fingerprint density at radius 2 is 1.82 bits per heavy atom. The second-order valence-electron chi connectivity index (χ2n) is 11.8. The molecule has 0 spiro atoms. The maximum Gasteiger partial charge on any atom is 0.227 e. The van der Waals surface area contributed by atoms with E-state index in [2.05, 4.69) is 35.5 Å². The maximum absolute atomic E-state index is 14.7. The number of nitrogens with zero attached hydrogens (tertiary/aromatic N) is 5. The SMILES string of the molecule is CN(C)CCOc1cc(F)cc(-c2ccnc3[nH]c(-c4n[nH]c5ncc(-c6cncc(NC(=O)C7CCCC7)c6)cc45)cc23)c1. The Morgan fingerprint density at radius 3 is 2.67 bits per heavy atom. The van der Waals surface area contributed by atoms with Crippen LogP contribution in [0.4, 0.5) is 10.1 Å². The molecule has 1 amide bonds. The molecule has 1 aromatic carbocycles. The van der Waals surface area contributed by atoms with Crippen molar-refractivity contribution in [2.24, 2.45) is 5.92 Å². The number of carbonyl (C=O) groups excluding carboxylic acids is 1. The van der Waals surface area contributed by atoms with Gasteiger partial charge in [0.25, 0.3) is 0 Å². The van der Waals surface area contributed by atoms with Gasteiger partial charge >= 0.3 is 0 Å². The van der Waals surface area contributed by atoms with Crippen LogP contribution in [0.3, 0.4) is 0 Å². The predicted octanol–water partition coefficient (Wildman–Crippen LogP) is 6.44. The van der Waals surface area contributed by atoms with Gasteiger partial charge in [0, 0.05) is 59.0 Å². The van der Waals surface area contributed by atoms with Crippen molar-refractivity contribution in [2.45, 2.75) is 25.7 Å². The highest BCUT2D eigenvalue weighted by Gasteiger charge is 2.23. The molecule has 5 aromatic heterocycles. The molecule has 11 heteroatoms. The van der Waals surface area contributed by atoms with E-state index in [-0.39, 0.29) is 17.6 Å². The average molecular weight is 605 g/mol. The number of aromatic nitrogens is 6. The molecule has 1 fully saturated rings. The number of aromatic amines is 2. The van der Waals surface area contributed by atoms with Gasteiger partial charge in [0.15, 0.2) is 5.65 Å². The molecular weight excluding hydrogens is 571 g/mol. The number of benzene rings is 1. The summed E-state index contributed by atoms with van der Waals surface area (Å²) in [6, 6.07) is 12.5. The molecule has 1 aliphatic rings. The zero-order chi connectivity index (χ0) is 30.9. The number of halogens is 1. The van der Waals surface area contributed by atoms with Crippen LogP contribution in [0, 0.1) is 11.7 Å². The Balaban J connectivity index is 1.20. The first kappa shape index (κ1) is 28.6. The molecule has 0 saturated heterocycles. The lowest BCUT2D eigenvalue weighted by atomic mass is 10.0. The number of rotatable bonds is 9. The molecule has 0 atom stereocenters. The van der Waals surface area contributed by atoms with Crippen molar-refractivity contribution in [3.8, 4) is 39.4 Å². The van der Waals surface area contributed by atoms with E-state index in [9.17, 15) is 9.18 Å². The highest BCUT2D eigenvalue weighted by molar-refractivity contribution is 6.00. The van der Waals surface area contributed by atoms with Crippen molar-refractivity contribution in [1.82, 2.24) is 35.0 Å². The summed E-state index contributed by atoms with van der Waals surface area (Å²) in [6.45, 7) is 1.17. The molecule has 3 N–H and O–H groups in total. The number of likely N-dealkylation sites (N-methyl/N-ethyl adjacent to an activating group) is 1. The van der Waals surface area contributed by atoms with Gasteiger partial charge in [-0.1, -0.05) is 12.8 Å². The van der Waals surface area contributed by atoms with Crippen LogP contribution in [0.15, 0.2) is 67.3 Å². The summed E-state index contributed by atoms with van der Waals surface area (Å²) in [7, 11) is 3.93. The number of hydrogen-bond acceptors (Lipinski definition) is 7. The zero-order valence-corrected chi connectivity index (χ0v) is 25.1. The normalized spacial score (nSPS) is 13.7. The van der Waals surface area contributed by atoms with E-state index in [1.54, 1.807) is 24.8 Å². The molecule has 1 saturated carbocycles. The molecule has 10 nitrogen and oxygen atoms in total. The van der Waals surface area contributed by atoms with Gasteiger partial charge in [0.05, 0.1) is 17.6 Å². The fourth-order valence-electron chi connectivity index (χ4n) is 5.92. The van der Waals surface area contributed by atoms with E-state index in [0.717, 1.165) is 65.4 Å². The number of pyridine rings is 3. The lowest BCUT2D eigenvalue weighted by Crippen LogP contribution is -2.20. The Kier molecular flexibility index (Phi) is 7.68. The van der Waals surface area contributed by atoms with Gasteiger partial charge in [-0.15, -0.1) is 0 Å².